The molecule has 1 N–H and O–H groups in total. The third-order valence-corrected chi connectivity index (χ3v) is 5.64. The molecular formula is C17H32N2O2. The smallest absolute Gasteiger partial charge is 0.326 e. The van der Waals surface area contributed by atoms with Crippen LogP contribution in [0.2, 0.25) is 0 Å². The SMILES string of the molecule is CCNC1(C(=O)OC)CCCC1CCN(C)C1CCCC1. The van der Waals surface area contributed by atoms with E-state index in [9.17, 15) is 4.79 Å². The van der Waals surface area contributed by atoms with Crippen LogP contribution in [0.3, 0.4) is 0 Å². The molecule has 0 aromatic rings. The summed E-state index contributed by atoms with van der Waals surface area (Å²) in [6.07, 6.45) is 9.72. The van der Waals surface area contributed by atoms with Crippen molar-refractivity contribution in [2.24, 2.45) is 5.92 Å². The summed E-state index contributed by atoms with van der Waals surface area (Å²) in [5.41, 5.74) is -0.431. The molecule has 2 fully saturated rings. The molecule has 0 aliphatic heterocycles. The third kappa shape index (κ3) is 3.59. The number of rotatable bonds is 7. The van der Waals surface area contributed by atoms with Crippen molar-refractivity contribution >= 4 is 5.97 Å². The van der Waals surface area contributed by atoms with Gasteiger partial charge in [-0.2, -0.15) is 0 Å². The summed E-state index contributed by atoms with van der Waals surface area (Å²) in [5.74, 6) is 0.351. The first kappa shape index (κ1) is 16.8. The molecule has 0 bridgehead atoms. The Morgan fingerprint density at radius 1 is 1.29 bits per heavy atom. The molecule has 4 nitrogen and oxygen atoms in total. The molecule has 122 valence electrons. The predicted octanol–water partition coefficient (Wildman–Crippen LogP) is 2.57. The van der Waals surface area contributed by atoms with Gasteiger partial charge in [0.2, 0.25) is 0 Å². The van der Waals surface area contributed by atoms with Crippen LogP contribution in [0, 0.1) is 5.92 Å². The zero-order valence-corrected chi connectivity index (χ0v) is 14.0. The number of nitrogens with zero attached hydrogens (tertiary/aromatic N) is 1. The lowest BCUT2D eigenvalue weighted by atomic mass is 9.84. The average molecular weight is 296 g/mol. The Hall–Kier alpha value is -0.610. The van der Waals surface area contributed by atoms with Crippen LogP contribution in [0.5, 0.6) is 0 Å². The van der Waals surface area contributed by atoms with Gasteiger partial charge in [0, 0.05) is 6.04 Å². The summed E-state index contributed by atoms with van der Waals surface area (Å²) in [6, 6.07) is 0.762. The van der Waals surface area contributed by atoms with Gasteiger partial charge in [0.15, 0.2) is 0 Å². The van der Waals surface area contributed by atoms with Gasteiger partial charge in [-0.1, -0.05) is 26.2 Å². The van der Waals surface area contributed by atoms with Crippen molar-refractivity contribution in [1.29, 1.82) is 0 Å². The molecule has 0 saturated heterocycles. The summed E-state index contributed by atoms with van der Waals surface area (Å²) in [4.78, 5) is 14.9. The van der Waals surface area contributed by atoms with E-state index in [1.807, 2.05) is 0 Å². The summed E-state index contributed by atoms with van der Waals surface area (Å²) in [7, 11) is 3.76. The quantitative estimate of drug-likeness (QED) is 0.733. The average Bonchev–Trinajstić information content (AvgIpc) is 3.14. The van der Waals surface area contributed by atoms with Crippen LogP contribution in [0.25, 0.3) is 0 Å². The molecule has 4 heteroatoms. The number of likely N-dealkylation sites (N-methyl/N-ethyl adjacent to an activating group) is 1. The predicted molar refractivity (Wildman–Crippen MR) is 85.3 cm³/mol. The molecule has 0 aromatic carbocycles. The van der Waals surface area contributed by atoms with Gasteiger partial charge < -0.3 is 15.0 Å². The van der Waals surface area contributed by atoms with E-state index in [1.54, 1.807) is 0 Å². The summed E-state index contributed by atoms with van der Waals surface area (Å²) in [6.45, 7) is 3.99. The molecule has 2 saturated carbocycles. The second-order valence-corrected chi connectivity index (χ2v) is 6.79. The van der Waals surface area contributed by atoms with Crippen molar-refractivity contribution < 1.29 is 9.53 Å². The van der Waals surface area contributed by atoms with Gasteiger partial charge in [-0.3, -0.25) is 4.79 Å². The number of carbonyl (C=O) groups excluding carboxylic acids is 1. The lowest BCUT2D eigenvalue weighted by Crippen LogP contribution is -2.55. The fourth-order valence-corrected chi connectivity index (χ4v) is 4.43. The van der Waals surface area contributed by atoms with Gasteiger partial charge in [0.25, 0.3) is 0 Å². The molecule has 2 unspecified atom stereocenters. The Kier molecular flexibility index (Phi) is 6.06. The number of nitrogens with one attached hydrogen (secondary N) is 1. The highest BCUT2D eigenvalue weighted by atomic mass is 16.5. The van der Waals surface area contributed by atoms with Crippen molar-refractivity contribution in [3.63, 3.8) is 0 Å². The highest BCUT2D eigenvalue weighted by Crippen LogP contribution is 2.39. The first-order valence-corrected chi connectivity index (χ1v) is 8.67. The van der Waals surface area contributed by atoms with Gasteiger partial charge in [-0.25, -0.2) is 0 Å². The molecule has 2 aliphatic carbocycles. The molecule has 0 aromatic heterocycles. The first-order valence-electron chi connectivity index (χ1n) is 8.67. The van der Waals surface area contributed by atoms with Crippen LogP contribution in [0.15, 0.2) is 0 Å². The van der Waals surface area contributed by atoms with Crippen molar-refractivity contribution in [1.82, 2.24) is 10.2 Å². The molecule has 2 rings (SSSR count). The van der Waals surface area contributed by atoms with Crippen molar-refractivity contribution in [2.45, 2.75) is 69.9 Å². The molecular weight excluding hydrogens is 264 g/mol. The Bertz CT molecular complexity index is 342. The van der Waals surface area contributed by atoms with E-state index in [-0.39, 0.29) is 5.97 Å². The third-order valence-electron chi connectivity index (χ3n) is 5.64. The number of hydrogen-bond donors (Lipinski definition) is 1. The normalized spacial score (nSPS) is 30.2. The van der Waals surface area contributed by atoms with E-state index in [2.05, 4.69) is 24.2 Å². The fourth-order valence-electron chi connectivity index (χ4n) is 4.43. The summed E-state index contributed by atoms with van der Waals surface area (Å²) >= 11 is 0. The Labute approximate surface area is 129 Å². The highest BCUT2D eigenvalue weighted by Gasteiger charge is 2.49. The van der Waals surface area contributed by atoms with Gasteiger partial charge >= 0.3 is 5.97 Å². The van der Waals surface area contributed by atoms with E-state index in [1.165, 1.54) is 32.8 Å². The van der Waals surface area contributed by atoms with Crippen LogP contribution >= 0.6 is 0 Å². The van der Waals surface area contributed by atoms with E-state index < -0.39 is 5.54 Å². The number of methoxy groups -OCH3 is 1. The molecule has 0 heterocycles. The van der Waals surface area contributed by atoms with Crippen LogP contribution in [0.4, 0.5) is 0 Å². The minimum Gasteiger partial charge on any atom is -0.468 e. The summed E-state index contributed by atoms with van der Waals surface area (Å²) in [5, 5.41) is 3.46. The maximum Gasteiger partial charge on any atom is 0.326 e. The minimum atomic E-state index is -0.431. The van der Waals surface area contributed by atoms with E-state index in [0.717, 1.165) is 44.8 Å². The van der Waals surface area contributed by atoms with Gasteiger partial charge in [0.1, 0.15) is 5.54 Å². The van der Waals surface area contributed by atoms with Gasteiger partial charge in [-0.15, -0.1) is 0 Å². The van der Waals surface area contributed by atoms with Crippen molar-refractivity contribution in [3.05, 3.63) is 0 Å². The van der Waals surface area contributed by atoms with Crippen LogP contribution in [-0.2, 0) is 9.53 Å². The largest absolute Gasteiger partial charge is 0.468 e. The lowest BCUT2D eigenvalue weighted by Gasteiger charge is -2.35. The summed E-state index contributed by atoms with van der Waals surface area (Å²) < 4.78 is 5.11. The fraction of sp³-hybridized carbons (Fsp3) is 0.941. The molecule has 0 radical (unpaired) electrons. The molecule has 0 spiro atoms. The Morgan fingerprint density at radius 2 is 2.00 bits per heavy atom. The zero-order chi connectivity index (χ0) is 15.3. The van der Waals surface area contributed by atoms with Crippen LogP contribution in [0.1, 0.15) is 58.3 Å². The Balaban J connectivity index is 1.94. The van der Waals surface area contributed by atoms with Gasteiger partial charge in [-0.05, 0) is 58.2 Å². The monoisotopic (exact) mass is 296 g/mol. The molecule has 0 amide bonds. The maximum atomic E-state index is 12.3. The van der Waals surface area contributed by atoms with E-state index in [0.29, 0.717) is 5.92 Å². The maximum absolute atomic E-state index is 12.3. The van der Waals surface area contributed by atoms with Gasteiger partial charge in [0.05, 0.1) is 7.11 Å². The van der Waals surface area contributed by atoms with E-state index >= 15 is 0 Å². The van der Waals surface area contributed by atoms with Crippen molar-refractivity contribution in [3.8, 4) is 0 Å². The highest BCUT2D eigenvalue weighted by molar-refractivity contribution is 5.81. The lowest BCUT2D eigenvalue weighted by molar-refractivity contribution is -0.150. The number of esters is 1. The second-order valence-electron chi connectivity index (χ2n) is 6.79. The topological polar surface area (TPSA) is 41.6 Å². The van der Waals surface area contributed by atoms with Crippen LogP contribution in [-0.4, -0.2) is 49.7 Å². The second kappa shape index (κ2) is 7.59. The standard InChI is InChI=1S/C17H32N2O2/c1-4-18-17(16(20)21-3)12-7-8-14(17)11-13-19(2)15-9-5-6-10-15/h14-15,18H,4-13H2,1-3H3. The van der Waals surface area contributed by atoms with Crippen LogP contribution < -0.4 is 5.32 Å². The molecule has 21 heavy (non-hydrogen) atoms. The minimum absolute atomic E-state index is 0.0598. The Morgan fingerprint density at radius 3 is 2.62 bits per heavy atom. The number of carbonyl (C=O) groups is 1. The van der Waals surface area contributed by atoms with E-state index in [4.69, 9.17) is 4.74 Å². The van der Waals surface area contributed by atoms with Crippen molar-refractivity contribution in [2.75, 3.05) is 27.2 Å². The first-order chi connectivity index (χ1) is 10.1. The number of ether oxygens (including phenoxy) is 1. The zero-order valence-electron chi connectivity index (χ0n) is 14.0. The molecule has 2 atom stereocenters. The molecule has 2 aliphatic rings. The number of hydrogen-bond acceptors (Lipinski definition) is 4.